The number of fused-ring (bicyclic) bond motifs is 1. The summed E-state index contributed by atoms with van der Waals surface area (Å²) in [5, 5.41) is 3.50. The zero-order chi connectivity index (χ0) is 13.1. The van der Waals surface area contributed by atoms with Crippen molar-refractivity contribution in [1.82, 2.24) is 0 Å². The molecule has 1 heteroatoms. The predicted molar refractivity (Wildman–Crippen MR) is 81.8 cm³/mol. The average Bonchev–Trinajstić information content (AvgIpc) is 2.45. The van der Waals surface area contributed by atoms with Crippen LogP contribution in [0.2, 0.25) is 0 Å². The summed E-state index contributed by atoms with van der Waals surface area (Å²) in [4.78, 5) is 0. The molecule has 0 saturated carbocycles. The Bertz CT molecular complexity index is 559. The Morgan fingerprint density at radius 2 is 2.00 bits per heavy atom. The van der Waals surface area contributed by atoms with Gasteiger partial charge in [-0.25, -0.2) is 0 Å². The molecule has 0 aromatic heterocycles. The van der Waals surface area contributed by atoms with Crippen LogP contribution in [-0.4, -0.2) is 6.54 Å². The second kappa shape index (κ2) is 5.48. The normalized spacial score (nSPS) is 17.6. The Morgan fingerprint density at radius 3 is 2.89 bits per heavy atom. The largest absolute Gasteiger partial charge is 0.385 e. The third-order valence-electron chi connectivity index (χ3n) is 4.07. The fourth-order valence-electron chi connectivity index (χ4n) is 3.06. The maximum absolute atomic E-state index is 3.50. The number of aryl methyl sites for hydroxylation is 2. The van der Waals surface area contributed by atoms with Crippen molar-refractivity contribution in [2.45, 2.75) is 32.1 Å². The van der Waals surface area contributed by atoms with Crippen molar-refractivity contribution in [1.29, 1.82) is 0 Å². The first-order valence-electron chi connectivity index (χ1n) is 7.21. The molecule has 19 heavy (non-hydrogen) atoms. The molecule has 3 rings (SSSR count). The number of hydrogen-bond donors (Lipinski definition) is 1. The standard InChI is InChI=1S/C18H21N/c1-14-5-4-6-15(13-14)9-10-16-11-12-19-18-8-3-2-7-17(16)18/h2-8,13,16,19H,9-12H2,1H3. The molecule has 2 aromatic carbocycles. The average molecular weight is 251 g/mol. The topological polar surface area (TPSA) is 12.0 Å². The van der Waals surface area contributed by atoms with Gasteiger partial charge in [0.25, 0.3) is 0 Å². The summed E-state index contributed by atoms with van der Waals surface area (Å²) in [6.45, 7) is 3.28. The third-order valence-corrected chi connectivity index (χ3v) is 4.07. The van der Waals surface area contributed by atoms with Crippen molar-refractivity contribution in [2.24, 2.45) is 0 Å². The number of nitrogens with one attached hydrogen (secondary N) is 1. The summed E-state index contributed by atoms with van der Waals surface area (Å²) in [5.41, 5.74) is 5.67. The summed E-state index contributed by atoms with van der Waals surface area (Å²) in [6.07, 6.45) is 3.69. The van der Waals surface area contributed by atoms with E-state index < -0.39 is 0 Å². The Balaban J connectivity index is 1.71. The molecule has 1 nitrogen and oxygen atoms in total. The van der Waals surface area contributed by atoms with Crippen LogP contribution in [0.4, 0.5) is 5.69 Å². The second-order valence-corrected chi connectivity index (χ2v) is 5.53. The molecule has 0 bridgehead atoms. The molecule has 1 aliphatic rings. The Hall–Kier alpha value is -1.76. The highest BCUT2D eigenvalue weighted by atomic mass is 14.9. The fraction of sp³-hybridized carbons (Fsp3) is 0.333. The molecule has 1 heterocycles. The molecule has 98 valence electrons. The van der Waals surface area contributed by atoms with Crippen LogP contribution in [0.3, 0.4) is 0 Å². The molecule has 2 aromatic rings. The minimum atomic E-state index is 0.706. The van der Waals surface area contributed by atoms with Gasteiger partial charge in [-0.15, -0.1) is 0 Å². The van der Waals surface area contributed by atoms with E-state index in [-0.39, 0.29) is 0 Å². The highest BCUT2D eigenvalue weighted by Gasteiger charge is 2.18. The van der Waals surface area contributed by atoms with E-state index in [1.54, 1.807) is 0 Å². The molecule has 0 spiro atoms. The lowest BCUT2D eigenvalue weighted by molar-refractivity contribution is 0.579. The van der Waals surface area contributed by atoms with Crippen molar-refractivity contribution in [3.8, 4) is 0 Å². The van der Waals surface area contributed by atoms with Crippen LogP contribution in [0.25, 0.3) is 0 Å². The first kappa shape index (κ1) is 12.3. The van der Waals surface area contributed by atoms with Gasteiger partial charge >= 0.3 is 0 Å². The maximum atomic E-state index is 3.50. The van der Waals surface area contributed by atoms with E-state index in [2.05, 4.69) is 60.8 Å². The number of rotatable bonds is 3. The van der Waals surface area contributed by atoms with E-state index in [9.17, 15) is 0 Å². The lowest BCUT2D eigenvalue weighted by Gasteiger charge is -2.26. The highest BCUT2D eigenvalue weighted by Crippen LogP contribution is 2.34. The van der Waals surface area contributed by atoms with Gasteiger partial charge in [0.15, 0.2) is 0 Å². The van der Waals surface area contributed by atoms with E-state index >= 15 is 0 Å². The van der Waals surface area contributed by atoms with E-state index in [1.165, 1.54) is 41.6 Å². The molecule has 1 unspecified atom stereocenters. The zero-order valence-electron chi connectivity index (χ0n) is 11.5. The van der Waals surface area contributed by atoms with Gasteiger partial charge in [0.2, 0.25) is 0 Å². The molecule has 1 atom stereocenters. The van der Waals surface area contributed by atoms with Crippen molar-refractivity contribution < 1.29 is 0 Å². The summed E-state index contributed by atoms with van der Waals surface area (Å²) in [5.74, 6) is 0.706. The van der Waals surface area contributed by atoms with Crippen LogP contribution >= 0.6 is 0 Å². The minimum Gasteiger partial charge on any atom is -0.385 e. The molecule has 0 radical (unpaired) electrons. The fourth-order valence-corrected chi connectivity index (χ4v) is 3.06. The van der Waals surface area contributed by atoms with Gasteiger partial charge in [0.1, 0.15) is 0 Å². The van der Waals surface area contributed by atoms with Gasteiger partial charge in [-0.1, -0.05) is 48.0 Å². The third kappa shape index (κ3) is 2.81. The maximum Gasteiger partial charge on any atom is 0.0375 e. The van der Waals surface area contributed by atoms with Crippen LogP contribution in [0.1, 0.15) is 35.4 Å². The van der Waals surface area contributed by atoms with Crippen LogP contribution in [-0.2, 0) is 6.42 Å². The van der Waals surface area contributed by atoms with Gasteiger partial charge in [0, 0.05) is 12.2 Å². The van der Waals surface area contributed by atoms with Gasteiger partial charge < -0.3 is 5.32 Å². The SMILES string of the molecule is Cc1cccc(CCC2CCNc3ccccc32)c1. The number of anilines is 1. The summed E-state index contributed by atoms with van der Waals surface area (Å²) >= 11 is 0. The molecular weight excluding hydrogens is 230 g/mol. The van der Waals surface area contributed by atoms with Crippen molar-refractivity contribution >= 4 is 5.69 Å². The minimum absolute atomic E-state index is 0.706. The summed E-state index contributed by atoms with van der Waals surface area (Å²) in [7, 11) is 0. The van der Waals surface area contributed by atoms with Crippen LogP contribution in [0.5, 0.6) is 0 Å². The predicted octanol–water partition coefficient (Wildman–Crippen LogP) is 4.53. The summed E-state index contributed by atoms with van der Waals surface area (Å²) < 4.78 is 0. The van der Waals surface area contributed by atoms with Crippen LogP contribution < -0.4 is 5.32 Å². The first-order chi connectivity index (χ1) is 9.33. The Morgan fingerprint density at radius 1 is 1.11 bits per heavy atom. The van der Waals surface area contributed by atoms with Gasteiger partial charge in [-0.05, 0) is 49.3 Å². The molecule has 0 saturated heterocycles. The molecule has 1 N–H and O–H groups in total. The lowest BCUT2D eigenvalue weighted by atomic mass is 9.86. The lowest BCUT2D eigenvalue weighted by Crippen LogP contribution is -2.17. The Kier molecular flexibility index (Phi) is 3.54. The molecular formula is C18H21N. The monoisotopic (exact) mass is 251 g/mol. The van der Waals surface area contributed by atoms with Crippen LogP contribution in [0.15, 0.2) is 48.5 Å². The van der Waals surface area contributed by atoms with E-state index in [0.717, 1.165) is 6.54 Å². The van der Waals surface area contributed by atoms with Crippen molar-refractivity contribution in [3.63, 3.8) is 0 Å². The number of para-hydroxylation sites is 1. The van der Waals surface area contributed by atoms with Gasteiger partial charge in [0.05, 0.1) is 0 Å². The summed E-state index contributed by atoms with van der Waals surface area (Å²) in [6, 6.07) is 17.7. The number of hydrogen-bond acceptors (Lipinski definition) is 1. The highest BCUT2D eigenvalue weighted by molar-refractivity contribution is 5.54. The molecule has 0 amide bonds. The zero-order valence-corrected chi connectivity index (χ0v) is 11.5. The van der Waals surface area contributed by atoms with Gasteiger partial charge in [-0.2, -0.15) is 0 Å². The van der Waals surface area contributed by atoms with Crippen LogP contribution in [0, 0.1) is 6.92 Å². The first-order valence-corrected chi connectivity index (χ1v) is 7.21. The van der Waals surface area contributed by atoms with Crippen molar-refractivity contribution in [3.05, 3.63) is 65.2 Å². The number of benzene rings is 2. The van der Waals surface area contributed by atoms with Gasteiger partial charge in [-0.3, -0.25) is 0 Å². The quantitative estimate of drug-likeness (QED) is 0.845. The van der Waals surface area contributed by atoms with E-state index in [0.29, 0.717) is 5.92 Å². The molecule has 0 fully saturated rings. The second-order valence-electron chi connectivity index (χ2n) is 5.53. The molecule has 0 aliphatic carbocycles. The van der Waals surface area contributed by atoms with E-state index in [1.807, 2.05) is 0 Å². The van der Waals surface area contributed by atoms with E-state index in [4.69, 9.17) is 0 Å². The van der Waals surface area contributed by atoms with Crippen molar-refractivity contribution in [2.75, 3.05) is 11.9 Å². The smallest absolute Gasteiger partial charge is 0.0375 e. The molecule has 1 aliphatic heterocycles. The Labute approximate surface area is 115 Å².